The van der Waals surface area contributed by atoms with Gasteiger partial charge in [-0.25, -0.2) is 9.97 Å². The van der Waals surface area contributed by atoms with Crippen molar-refractivity contribution in [3.05, 3.63) is 173 Å². The molecular weight excluding hydrogens is 591 g/mol. The van der Waals surface area contributed by atoms with Crippen LogP contribution in [0.5, 0.6) is 0 Å². The van der Waals surface area contributed by atoms with E-state index in [4.69, 9.17) is 10.2 Å². The van der Waals surface area contributed by atoms with Gasteiger partial charge in [-0.15, -0.1) is 0 Å². The molecule has 1 heterocycles. The van der Waals surface area contributed by atoms with E-state index in [1.165, 1.54) is 32.6 Å². The number of hydrogen-bond donors (Lipinski definition) is 1. The molecule has 6 aromatic rings. The minimum absolute atomic E-state index is 0. The van der Waals surface area contributed by atoms with Crippen LogP contribution >= 0.6 is 7.26 Å². The van der Waals surface area contributed by atoms with Gasteiger partial charge in [-0.05, 0) is 90.7 Å². The van der Waals surface area contributed by atoms with E-state index >= 15 is 0 Å². The van der Waals surface area contributed by atoms with Crippen molar-refractivity contribution in [1.82, 2.24) is 9.97 Å². The minimum Gasteiger partial charge on any atom is -1.00 e. The lowest BCUT2D eigenvalue weighted by molar-refractivity contribution is -0.00000918. The first-order valence-electron chi connectivity index (χ1n) is 14.8. The Morgan fingerprint density at radius 3 is 1.67 bits per heavy atom. The normalized spacial score (nSPS) is 10.9. The van der Waals surface area contributed by atoms with Gasteiger partial charge in [0.25, 0.3) is 0 Å². The summed E-state index contributed by atoms with van der Waals surface area (Å²) < 4.78 is 0. The molecule has 0 amide bonds. The molecule has 0 aliphatic heterocycles. The Balaban J connectivity index is 0.00000400. The van der Waals surface area contributed by atoms with Gasteiger partial charge >= 0.3 is 0 Å². The third kappa shape index (κ3) is 6.97. The molecule has 0 aliphatic rings. The first kappa shape index (κ1) is 31.6. The molecule has 0 aliphatic carbocycles. The fourth-order valence-electron chi connectivity index (χ4n) is 5.95. The van der Waals surface area contributed by atoms with E-state index in [1.807, 2.05) is 30.3 Å². The van der Waals surface area contributed by atoms with E-state index in [1.54, 1.807) is 6.20 Å². The molecule has 0 unspecified atom stereocenters. The van der Waals surface area contributed by atoms with E-state index in [9.17, 15) is 0 Å². The van der Waals surface area contributed by atoms with E-state index in [2.05, 4.69) is 133 Å². The van der Waals surface area contributed by atoms with Crippen LogP contribution in [0.1, 0.15) is 33.6 Å². The van der Waals surface area contributed by atoms with Gasteiger partial charge in [0.1, 0.15) is 34.8 Å². The van der Waals surface area contributed by atoms with Crippen molar-refractivity contribution in [1.29, 1.82) is 5.26 Å². The van der Waals surface area contributed by atoms with Gasteiger partial charge in [-0.2, -0.15) is 5.26 Å². The van der Waals surface area contributed by atoms with Crippen LogP contribution in [0.4, 0.5) is 11.5 Å². The van der Waals surface area contributed by atoms with Gasteiger partial charge < -0.3 is 17.7 Å². The van der Waals surface area contributed by atoms with Crippen LogP contribution in [0, 0.1) is 25.2 Å². The number of aryl methyl sites for hydroxylation is 2. The Labute approximate surface area is 272 Å². The zero-order chi connectivity index (χ0) is 30.4. The van der Waals surface area contributed by atoms with Crippen molar-refractivity contribution >= 4 is 34.7 Å². The second-order valence-electron chi connectivity index (χ2n) is 11.0. The Hall–Kier alpha value is -4.81. The molecule has 0 bridgehead atoms. The van der Waals surface area contributed by atoms with Gasteiger partial charge in [0.2, 0.25) is 0 Å². The number of nitrogens with one attached hydrogen (secondary N) is 1. The molecule has 6 rings (SSSR count). The first-order valence-corrected chi connectivity index (χ1v) is 16.8. The van der Waals surface area contributed by atoms with E-state index in [0.717, 1.165) is 29.1 Å². The van der Waals surface area contributed by atoms with Crippen LogP contribution in [0.2, 0.25) is 0 Å². The zero-order valence-corrected chi connectivity index (χ0v) is 27.0. The minimum atomic E-state index is -2.00. The topological polar surface area (TPSA) is 61.6 Å². The third-order valence-electron chi connectivity index (χ3n) is 8.01. The SMILES string of the molecule is Cc1cc(C[P+](c2ccccc2)(c2ccccc2)c2ccccc2)cc(C)c1Nc1ccnc(Cc2ccc(C#N)cc2)n1.[Cl-]. The molecule has 1 N–H and O–H groups in total. The molecule has 0 spiro atoms. The summed E-state index contributed by atoms with van der Waals surface area (Å²) in [6.45, 7) is 4.34. The number of benzene rings is 5. The number of aromatic nitrogens is 2. The summed E-state index contributed by atoms with van der Waals surface area (Å²) in [5.41, 5.74) is 6.47. The van der Waals surface area contributed by atoms with Crippen LogP contribution in [0.15, 0.2) is 140 Å². The number of nitrogens with zero attached hydrogens (tertiary/aromatic N) is 3. The molecule has 0 atom stereocenters. The molecule has 0 fully saturated rings. The van der Waals surface area contributed by atoms with Gasteiger partial charge in [0.05, 0.1) is 17.8 Å². The second-order valence-corrected chi connectivity index (χ2v) is 14.5. The van der Waals surface area contributed by atoms with Crippen molar-refractivity contribution in [2.24, 2.45) is 0 Å². The Morgan fingerprint density at radius 1 is 0.667 bits per heavy atom. The highest BCUT2D eigenvalue weighted by Gasteiger charge is 2.45. The van der Waals surface area contributed by atoms with Crippen LogP contribution in [-0.2, 0) is 12.6 Å². The van der Waals surface area contributed by atoms with Crippen molar-refractivity contribution in [3.63, 3.8) is 0 Å². The lowest BCUT2D eigenvalue weighted by atomic mass is 10.1. The van der Waals surface area contributed by atoms with Gasteiger partial charge in [0.15, 0.2) is 0 Å². The highest BCUT2D eigenvalue weighted by Crippen LogP contribution is 2.58. The summed E-state index contributed by atoms with van der Waals surface area (Å²) in [4.78, 5) is 9.30. The third-order valence-corrected chi connectivity index (χ3v) is 12.4. The maximum absolute atomic E-state index is 9.09. The average molecular weight is 625 g/mol. The van der Waals surface area contributed by atoms with Gasteiger partial charge in [-0.1, -0.05) is 78.9 Å². The fourth-order valence-corrected chi connectivity index (χ4v) is 10.2. The molecule has 45 heavy (non-hydrogen) atoms. The quantitative estimate of drug-likeness (QED) is 0.235. The summed E-state index contributed by atoms with van der Waals surface area (Å²) in [7, 11) is -2.00. The fraction of sp³-hybridized carbons (Fsp3) is 0.103. The molecule has 1 aromatic heterocycles. The molecule has 4 nitrogen and oxygen atoms in total. The number of nitriles is 1. The van der Waals surface area contributed by atoms with Crippen molar-refractivity contribution in [3.8, 4) is 6.07 Å². The molecule has 0 saturated carbocycles. The highest BCUT2D eigenvalue weighted by atomic mass is 35.5. The van der Waals surface area contributed by atoms with Gasteiger partial charge in [-0.3, -0.25) is 0 Å². The summed E-state index contributed by atoms with van der Waals surface area (Å²) in [5.74, 6) is 1.50. The van der Waals surface area contributed by atoms with E-state index in [-0.39, 0.29) is 12.4 Å². The molecule has 0 radical (unpaired) electrons. The van der Waals surface area contributed by atoms with Crippen LogP contribution in [-0.4, -0.2) is 9.97 Å². The zero-order valence-electron chi connectivity index (χ0n) is 25.4. The van der Waals surface area contributed by atoms with Crippen molar-refractivity contribution < 1.29 is 12.4 Å². The monoisotopic (exact) mass is 624 g/mol. The summed E-state index contributed by atoms with van der Waals surface area (Å²) in [6, 6.07) is 49.4. The Bertz CT molecular complexity index is 1790. The van der Waals surface area contributed by atoms with Crippen LogP contribution in [0.25, 0.3) is 0 Å². The Kier molecular flexibility index (Phi) is 10.1. The molecule has 6 heteroatoms. The number of hydrogen-bond acceptors (Lipinski definition) is 4. The maximum atomic E-state index is 9.09. The van der Waals surface area contributed by atoms with Crippen LogP contribution < -0.4 is 33.6 Å². The smallest absolute Gasteiger partial charge is 0.135 e. The lowest BCUT2D eigenvalue weighted by Gasteiger charge is -2.28. The maximum Gasteiger partial charge on any atom is 0.135 e. The largest absolute Gasteiger partial charge is 1.00 e. The van der Waals surface area contributed by atoms with Crippen molar-refractivity contribution in [2.45, 2.75) is 26.4 Å². The van der Waals surface area contributed by atoms with Crippen LogP contribution in [0.3, 0.4) is 0 Å². The molecule has 0 saturated heterocycles. The number of halogens is 1. The summed E-state index contributed by atoms with van der Waals surface area (Å²) >= 11 is 0. The average Bonchev–Trinajstić information content (AvgIpc) is 3.07. The molecule has 222 valence electrons. The predicted octanol–water partition coefficient (Wildman–Crippen LogP) is 4.80. The van der Waals surface area contributed by atoms with E-state index in [0.29, 0.717) is 12.0 Å². The van der Waals surface area contributed by atoms with Gasteiger partial charge in [0, 0.05) is 18.3 Å². The predicted molar refractivity (Wildman–Crippen MR) is 184 cm³/mol. The number of rotatable bonds is 9. The van der Waals surface area contributed by atoms with E-state index < -0.39 is 7.26 Å². The van der Waals surface area contributed by atoms with Crippen molar-refractivity contribution in [2.75, 3.05) is 5.32 Å². The summed E-state index contributed by atoms with van der Waals surface area (Å²) in [6.07, 6.45) is 3.32. The lowest BCUT2D eigenvalue weighted by Crippen LogP contribution is -3.00. The second kappa shape index (κ2) is 14.3. The summed E-state index contributed by atoms with van der Waals surface area (Å²) in [5, 5.41) is 16.8. The highest BCUT2D eigenvalue weighted by molar-refractivity contribution is 7.95. The number of anilines is 2. The first-order chi connectivity index (χ1) is 21.5. The standard InChI is InChI=1S/C39H34N4P.ClH/c1-29-24-33(25-30(2)39(29)43-37-22-23-41-38(42-37)26-31-18-20-32(27-40)21-19-31)28-44(34-12-6-3-7-13-34,35-14-8-4-9-15-35)36-16-10-5-11-17-36;/h3-25H,26,28H2,1-2H3,(H,41,42,43);1H/q+1;/p-1. The Morgan fingerprint density at radius 2 is 1.18 bits per heavy atom. The molecule has 5 aromatic carbocycles. The molecular formula is C39H34ClN4P.